The minimum absolute atomic E-state index is 0.303. The van der Waals surface area contributed by atoms with Gasteiger partial charge >= 0.3 is 5.97 Å². The number of hydrogen-bond donors (Lipinski definition) is 1. The largest absolute Gasteiger partial charge is 0.482 e. The van der Waals surface area contributed by atoms with E-state index in [1.165, 1.54) is 6.07 Å². The van der Waals surface area contributed by atoms with Gasteiger partial charge in [0.05, 0.1) is 11.6 Å². The Hall–Kier alpha value is -4.11. The predicted octanol–water partition coefficient (Wildman–Crippen LogP) is 3.71. The molecular weight excluding hydrogens is 380 g/mol. The van der Waals surface area contributed by atoms with E-state index in [2.05, 4.69) is 5.32 Å². The number of nitrogens with zero attached hydrogens (tertiary/aromatic N) is 1. The average Bonchev–Trinajstić information content (AvgIpc) is 2.78. The van der Waals surface area contributed by atoms with Crippen LogP contribution in [0.15, 0.2) is 78.9 Å². The van der Waals surface area contributed by atoms with Gasteiger partial charge < -0.3 is 14.8 Å². The third-order valence-electron chi connectivity index (χ3n) is 4.20. The van der Waals surface area contributed by atoms with E-state index < -0.39 is 18.5 Å². The molecule has 6 heteroatoms. The molecule has 0 aliphatic carbocycles. The number of para-hydroxylation sites is 1. The number of ether oxygens (including phenoxy) is 2. The first-order valence-electron chi connectivity index (χ1n) is 9.34. The second-order valence-electron chi connectivity index (χ2n) is 6.46. The van der Waals surface area contributed by atoms with Gasteiger partial charge in [-0.1, -0.05) is 54.6 Å². The summed E-state index contributed by atoms with van der Waals surface area (Å²) in [5.41, 5.74) is 2.97. The number of esters is 1. The summed E-state index contributed by atoms with van der Waals surface area (Å²) in [7, 11) is 0. The first-order valence-corrected chi connectivity index (χ1v) is 9.34. The molecule has 6 nitrogen and oxygen atoms in total. The number of nitrogens with one attached hydrogen (secondary N) is 1. The van der Waals surface area contributed by atoms with Crippen LogP contribution in [0.25, 0.3) is 0 Å². The Labute approximate surface area is 174 Å². The minimum atomic E-state index is -0.648. The lowest BCUT2D eigenvalue weighted by Crippen LogP contribution is -2.23. The van der Waals surface area contributed by atoms with Gasteiger partial charge in [0.1, 0.15) is 5.75 Å². The first kappa shape index (κ1) is 20.6. The number of hydrogen-bond acceptors (Lipinski definition) is 5. The lowest BCUT2D eigenvalue weighted by Gasteiger charge is -2.11. The predicted molar refractivity (Wildman–Crippen MR) is 112 cm³/mol. The van der Waals surface area contributed by atoms with E-state index >= 15 is 0 Å². The van der Waals surface area contributed by atoms with Crippen LogP contribution in [0, 0.1) is 11.3 Å². The Bertz CT molecular complexity index is 1060. The van der Waals surface area contributed by atoms with E-state index in [1.54, 1.807) is 24.3 Å². The van der Waals surface area contributed by atoms with Crippen molar-refractivity contribution in [1.82, 2.24) is 0 Å². The molecule has 0 heterocycles. The minimum Gasteiger partial charge on any atom is -0.482 e. The topological polar surface area (TPSA) is 88.4 Å². The normalized spacial score (nSPS) is 9.97. The maximum absolute atomic E-state index is 12.0. The molecule has 30 heavy (non-hydrogen) atoms. The van der Waals surface area contributed by atoms with Crippen molar-refractivity contribution in [2.45, 2.75) is 6.42 Å². The number of benzene rings is 3. The number of nitriles is 1. The van der Waals surface area contributed by atoms with Crippen LogP contribution in [0.4, 0.5) is 5.69 Å². The zero-order valence-electron chi connectivity index (χ0n) is 16.2. The van der Waals surface area contributed by atoms with Crippen LogP contribution in [0.3, 0.4) is 0 Å². The Morgan fingerprint density at radius 1 is 0.900 bits per heavy atom. The molecule has 0 unspecified atom stereocenters. The van der Waals surface area contributed by atoms with Gasteiger partial charge in [-0.2, -0.15) is 5.26 Å². The third-order valence-corrected chi connectivity index (χ3v) is 4.20. The molecule has 150 valence electrons. The van der Waals surface area contributed by atoms with Gasteiger partial charge in [-0.15, -0.1) is 0 Å². The molecule has 0 fully saturated rings. The van der Waals surface area contributed by atoms with Crippen LogP contribution in [0.2, 0.25) is 0 Å². The van der Waals surface area contributed by atoms with Crippen LogP contribution in [0.1, 0.15) is 16.7 Å². The molecule has 0 aliphatic rings. The van der Waals surface area contributed by atoms with E-state index in [0.29, 0.717) is 23.4 Å². The Balaban J connectivity index is 1.48. The van der Waals surface area contributed by atoms with Crippen molar-refractivity contribution in [1.29, 1.82) is 5.26 Å². The highest BCUT2D eigenvalue weighted by atomic mass is 16.6. The van der Waals surface area contributed by atoms with Crippen molar-refractivity contribution < 1.29 is 19.1 Å². The van der Waals surface area contributed by atoms with Gasteiger partial charge in [0, 0.05) is 12.1 Å². The van der Waals surface area contributed by atoms with Crippen LogP contribution < -0.4 is 10.1 Å². The van der Waals surface area contributed by atoms with Gasteiger partial charge in [0.2, 0.25) is 0 Å². The average molecular weight is 400 g/mol. The summed E-state index contributed by atoms with van der Waals surface area (Å²) >= 11 is 0. The Morgan fingerprint density at radius 3 is 2.47 bits per heavy atom. The molecule has 3 aromatic rings. The number of anilines is 1. The smallest absolute Gasteiger partial charge is 0.344 e. The number of rotatable bonds is 8. The second-order valence-corrected chi connectivity index (χ2v) is 6.46. The highest BCUT2D eigenvalue weighted by Crippen LogP contribution is 2.21. The van der Waals surface area contributed by atoms with Gasteiger partial charge in [-0.05, 0) is 35.4 Å². The van der Waals surface area contributed by atoms with Gasteiger partial charge in [-0.3, -0.25) is 4.79 Å². The van der Waals surface area contributed by atoms with Crippen molar-refractivity contribution in [2.75, 3.05) is 18.5 Å². The standard InChI is InChI=1S/C24H20N2O4/c25-15-19-9-6-11-21(14-19)26-23(27)16-30-24(28)17-29-22-12-5-4-10-20(22)13-18-7-2-1-3-8-18/h1-12,14H,13,16-17H2,(H,26,27). The summed E-state index contributed by atoms with van der Waals surface area (Å²) in [5, 5.41) is 11.5. The molecule has 0 aliphatic heterocycles. The molecule has 3 aromatic carbocycles. The molecule has 0 saturated heterocycles. The summed E-state index contributed by atoms with van der Waals surface area (Å²) < 4.78 is 10.6. The zero-order valence-corrected chi connectivity index (χ0v) is 16.2. The fourth-order valence-corrected chi connectivity index (χ4v) is 2.79. The van der Waals surface area contributed by atoms with E-state index in [4.69, 9.17) is 14.7 Å². The number of carbonyl (C=O) groups is 2. The first-order chi connectivity index (χ1) is 14.6. The molecule has 0 radical (unpaired) electrons. The highest BCUT2D eigenvalue weighted by Gasteiger charge is 2.11. The molecule has 0 saturated carbocycles. The quantitative estimate of drug-likeness (QED) is 0.583. The molecular formula is C24H20N2O4. The highest BCUT2D eigenvalue weighted by molar-refractivity contribution is 5.93. The summed E-state index contributed by atoms with van der Waals surface area (Å²) in [5.74, 6) is -0.551. The van der Waals surface area contributed by atoms with Crippen molar-refractivity contribution in [3.63, 3.8) is 0 Å². The number of amides is 1. The SMILES string of the molecule is N#Cc1cccc(NC(=O)COC(=O)COc2ccccc2Cc2ccccc2)c1. The second kappa shape index (κ2) is 10.4. The molecule has 1 amide bonds. The van der Waals surface area contributed by atoms with E-state index in [9.17, 15) is 9.59 Å². The van der Waals surface area contributed by atoms with E-state index in [-0.39, 0.29) is 6.61 Å². The van der Waals surface area contributed by atoms with Crippen molar-refractivity contribution in [2.24, 2.45) is 0 Å². The molecule has 3 rings (SSSR count). The van der Waals surface area contributed by atoms with Gasteiger partial charge in [0.25, 0.3) is 5.91 Å². The fourth-order valence-electron chi connectivity index (χ4n) is 2.79. The molecule has 0 bridgehead atoms. The van der Waals surface area contributed by atoms with Crippen LogP contribution in [0.5, 0.6) is 5.75 Å². The molecule has 1 N–H and O–H groups in total. The van der Waals surface area contributed by atoms with E-state index in [1.807, 2.05) is 54.6 Å². The summed E-state index contributed by atoms with van der Waals surface area (Å²) in [6.07, 6.45) is 0.677. The molecule has 0 aromatic heterocycles. The molecule has 0 atom stereocenters. The van der Waals surface area contributed by atoms with Crippen LogP contribution >= 0.6 is 0 Å². The maximum atomic E-state index is 12.0. The van der Waals surface area contributed by atoms with Crippen molar-refractivity contribution in [3.05, 3.63) is 95.6 Å². The van der Waals surface area contributed by atoms with Gasteiger partial charge in [-0.25, -0.2) is 4.79 Å². The van der Waals surface area contributed by atoms with Crippen molar-refractivity contribution in [3.8, 4) is 11.8 Å². The molecule has 0 spiro atoms. The summed E-state index contributed by atoms with van der Waals surface area (Å²) in [6, 6.07) is 25.9. The summed E-state index contributed by atoms with van der Waals surface area (Å²) in [4.78, 5) is 23.9. The van der Waals surface area contributed by atoms with Crippen LogP contribution in [-0.4, -0.2) is 25.1 Å². The van der Waals surface area contributed by atoms with E-state index in [0.717, 1.165) is 11.1 Å². The monoisotopic (exact) mass is 400 g/mol. The number of carbonyl (C=O) groups excluding carboxylic acids is 2. The Morgan fingerprint density at radius 2 is 1.67 bits per heavy atom. The third kappa shape index (κ3) is 6.21. The Kier molecular flexibility index (Phi) is 7.17. The zero-order chi connectivity index (χ0) is 21.2. The maximum Gasteiger partial charge on any atom is 0.344 e. The lowest BCUT2D eigenvalue weighted by atomic mass is 10.0. The van der Waals surface area contributed by atoms with Crippen molar-refractivity contribution >= 4 is 17.6 Å². The summed E-state index contributed by atoms with van der Waals surface area (Å²) in [6.45, 7) is -0.742. The lowest BCUT2D eigenvalue weighted by molar-refractivity contribution is -0.149. The van der Waals surface area contributed by atoms with Gasteiger partial charge in [0.15, 0.2) is 13.2 Å². The van der Waals surface area contributed by atoms with Crippen LogP contribution in [-0.2, 0) is 20.7 Å². The fraction of sp³-hybridized carbons (Fsp3) is 0.125.